The number of carboxylic acid groups (broad SMARTS) is 1. The Labute approximate surface area is 134 Å². The van der Waals surface area contributed by atoms with Gasteiger partial charge in [0.05, 0.1) is 24.9 Å². The van der Waals surface area contributed by atoms with Gasteiger partial charge in [-0.3, -0.25) is 24.2 Å². The van der Waals surface area contributed by atoms with Gasteiger partial charge in [-0.1, -0.05) is 30.3 Å². The number of likely N-dealkylation sites (tertiary alicyclic amines) is 2. The molecule has 3 rings (SSSR count). The Morgan fingerprint density at radius 2 is 1.78 bits per heavy atom. The fourth-order valence-corrected chi connectivity index (χ4v) is 3.34. The van der Waals surface area contributed by atoms with Crippen LogP contribution in [0.5, 0.6) is 0 Å². The second-order valence-corrected chi connectivity index (χ2v) is 6.17. The molecule has 1 aromatic carbocycles. The molecule has 1 unspecified atom stereocenters. The smallest absolute Gasteiger partial charge is 0.306 e. The van der Waals surface area contributed by atoms with Crippen LogP contribution in [0.1, 0.15) is 24.8 Å². The van der Waals surface area contributed by atoms with E-state index in [2.05, 4.69) is 0 Å². The molecule has 0 spiro atoms. The SMILES string of the molecule is O=C(O)C1CCN(C2CC(=O)N(Cc3ccccc3)C2=O)CC1. The van der Waals surface area contributed by atoms with E-state index in [0.717, 1.165) is 5.56 Å². The van der Waals surface area contributed by atoms with Crippen molar-refractivity contribution in [2.45, 2.75) is 31.8 Å². The molecule has 6 heteroatoms. The quantitative estimate of drug-likeness (QED) is 0.842. The number of aliphatic carboxylic acids is 1. The summed E-state index contributed by atoms with van der Waals surface area (Å²) in [6, 6.07) is 9.02. The summed E-state index contributed by atoms with van der Waals surface area (Å²) in [5.74, 6) is -1.42. The monoisotopic (exact) mass is 316 g/mol. The van der Waals surface area contributed by atoms with Gasteiger partial charge in [0.2, 0.25) is 11.8 Å². The van der Waals surface area contributed by atoms with Crippen molar-refractivity contribution in [3.05, 3.63) is 35.9 Å². The van der Waals surface area contributed by atoms with Gasteiger partial charge < -0.3 is 5.11 Å². The van der Waals surface area contributed by atoms with Gasteiger partial charge in [0, 0.05) is 0 Å². The lowest BCUT2D eigenvalue weighted by Crippen LogP contribution is -2.46. The molecular weight excluding hydrogens is 296 g/mol. The van der Waals surface area contributed by atoms with E-state index < -0.39 is 12.0 Å². The highest BCUT2D eigenvalue weighted by atomic mass is 16.4. The van der Waals surface area contributed by atoms with Crippen molar-refractivity contribution in [2.75, 3.05) is 13.1 Å². The van der Waals surface area contributed by atoms with Gasteiger partial charge >= 0.3 is 5.97 Å². The van der Waals surface area contributed by atoms with Crippen LogP contribution in [0.2, 0.25) is 0 Å². The van der Waals surface area contributed by atoms with Crippen LogP contribution in [0.3, 0.4) is 0 Å². The van der Waals surface area contributed by atoms with Gasteiger partial charge in [-0.2, -0.15) is 0 Å². The zero-order valence-corrected chi connectivity index (χ0v) is 12.9. The third-order valence-corrected chi connectivity index (χ3v) is 4.72. The molecule has 0 bridgehead atoms. The van der Waals surface area contributed by atoms with Crippen LogP contribution in [0, 0.1) is 5.92 Å². The van der Waals surface area contributed by atoms with E-state index in [1.165, 1.54) is 4.90 Å². The summed E-state index contributed by atoms with van der Waals surface area (Å²) >= 11 is 0. The van der Waals surface area contributed by atoms with E-state index in [1.807, 2.05) is 35.2 Å². The normalized spacial score (nSPS) is 23.5. The lowest BCUT2D eigenvalue weighted by atomic mass is 9.96. The van der Waals surface area contributed by atoms with Crippen molar-refractivity contribution in [2.24, 2.45) is 5.92 Å². The molecular formula is C17H20N2O4. The number of carbonyl (C=O) groups excluding carboxylic acids is 2. The fourth-order valence-electron chi connectivity index (χ4n) is 3.34. The van der Waals surface area contributed by atoms with Gasteiger partial charge in [0.1, 0.15) is 0 Å². The summed E-state index contributed by atoms with van der Waals surface area (Å²) < 4.78 is 0. The molecule has 0 saturated carbocycles. The first kappa shape index (κ1) is 15.7. The second kappa shape index (κ2) is 6.50. The number of piperidine rings is 1. The molecule has 0 aliphatic carbocycles. The standard InChI is InChI=1S/C17H20N2O4/c20-15-10-14(18-8-6-13(7-9-18)17(22)23)16(21)19(15)11-12-4-2-1-3-5-12/h1-5,13-14H,6-11H2,(H,22,23). The van der Waals surface area contributed by atoms with Gasteiger partial charge in [-0.15, -0.1) is 0 Å². The van der Waals surface area contributed by atoms with Crippen LogP contribution < -0.4 is 0 Å². The summed E-state index contributed by atoms with van der Waals surface area (Å²) in [6.07, 6.45) is 1.27. The molecule has 0 aromatic heterocycles. The Bertz CT molecular complexity index is 608. The second-order valence-electron chi connectivity index (χ2n) is 6.17. The number of carboxylic acids is 1. The number of imide groups is 1. The average Bonchev–Trinajstić information content (AvgIpc) is 2.84. The highest BCUT2D eigenvalue weighted by molar-refractivity contribution is 6.05. The summed E-state index contributed by atoms with van der Waals surface area (Å²) in [7, 11) is 0. The van der Waals surface area contributed by atoms with E-state index >= 15 is 0 Å². The predicted octanol–water partition coefficient (Wildman–Crippen LogP) is 1.11. The van der Waals surface area contributed by atoms with Gasteiger partial charge in [-0.05, 0) is 31.5 Å². The number of rotatable bonds is 4. The molecule has 1 atom stereocenters. The first-order valence-corrected chi connectivity index (χ1v) is 7.91. The first-order valence-electron chi connectivity index (χ1n) is 7.91. The highest BCUT2D eigenvalue weighted by Gasteiger charge is 2.43. The molecule has 2 amide bonds. The van der Waals surface area contributed by atoms with Crippen molar-refractivity contribution in [3.63, 3.8) is 0 Å². The summed E-state index contributed by atoms with van der Waals surface area (Å²) in [4.78, 5) is 39.1. The Kier molecular flexibility index (Phi) is 4.43. The maximum atomic E-state index is 12.6. The molecule has 2 aliphatic rings. The zero-order chi connectivity index (χ0) is 16.4. The Hall–Kier alpha value is -2.21. The topological polar surface area (TPSA) is 77.9 Å². The molecule has 6 nitrogen and oxygen atoms in total. The van der Waals surface area contributed by atoms with Crippen molar-refractivity contribution in [3.8, 4) is 0 Å². The average molecular weight is 316 g/mol. The largest absolute Gasteiger partial charge is 0.481 e. The Morgan fingerprint density at radius 1 is 1.13 bits per heavy atom. The number of nitrogens with zero attached hydrogens (tertiary/aromatic N) is 2. The fraction of sp³-hybridized carbons (Fsp3) is 0.471. The third kappa shape index (κ3) is 3.27. The van der Waals surface area contributed by atoms with Gasteiger partial charge in [0.25, 0.3) is 0 Å². The molecule has 2 aliphatic heterocycles. The zero-order valence-electron chi connectivity index (χ0n) is 12.9. The molecule has 2 fully saturated rings. The number of amides is 2. The summed E-state index contributed by atoms with van der Waals surface area (Å²) in [6.45, 7) is 1.42. The van der Waals surface area contributed by atoms with Crippen molar-refractivity contribution >= 4 is 17.8 Å². The maximum absolute atomic E-state index is 12.6. The van der Waals surface area contributed by atoms with Crippen molar-refractivity contribution in [1.29, 1.82) is 0 Å². The highest BCUT2D eigenvalue weighted by Crippen LogP contribution is 2.26. The summed E-state index contributed by atoms with van der Waals surface area (Å²) in [5.41, 5.74) is 0.930. The Balaban J connectivity index is 1.64. The minimum absolute atomic E-state index is 0.149. The lowest BCUT2D eigenvalue weighted by Gasteiger charge is -2.33. The maximum Gasteiger partial charge on any atom is 0.306 e. The van der Waals surface area contributed by atoms with Gasteiger partial charge in [0.15, 0.2) is 0 Å². The van der Waals surface area contributed by atoms with Crippen LogP contribution in [-0.4, -0.2) is 51.8 Å². The Morgan fingerprint density at radius 3 is 2.39 bits per heavy atom. The van der Waals surface area contributed by atoms with Crippen LogP contribution in [-0.2, 0) is 20.9 Å². The van der Waals surface area contributed by atoms with Crippen LogP contribution in [0.25, 0.3) is 0 Å². The minimum Gasteiger partial charge on any atom is -0.481 e. The number of hydrogen-bond donors (Lipinski definition) is 1. The molecule has 0 radical (unpaired) electrons. The number of benzene rings is 1. The lowest BCUT2D eigenvalue weighted by molar-refractivity contribution is -0.143. The van der Waals surface area contributed by atoms with Crippen LogP contribution in [0.15, 0.2) is 30.3 Å². The molecule has 1 N–H and O–H groups in total. The molecule has 2 saturated heterocycles. The molecule has 2 heterocycles. The van der Waals surface area contributed by atoms with Crippen molar-refractivity contribution in [1.82, 2.24) is 9.80 Å². The molecule has 23 heavy (non-hydrogen) atoms. The van der Waals surface area contributed by atoms with Gasteiger partial charge in [-0.25, -0.2) is 0 Å². The number of hydrogen-bond acceptors (Lipinski definition) is 4. The van der Waals surface area contributed by atoms with E-state index in [4.69, 9.17) is 5.11 Å². The van der Waals surface area contributed by atoms with E-state index in [0.29, 0.717) is 32.5 Å². The number of carbonyl (C=O) groups is 3. The third-order valence-electron chi connectivity index (χ3n) is 4.72. The van der Waals surface area contributed by atoms with Crippen molar-refractivity contribution < 1.29 is 19.5 Å². The molecule has 122 valence electrons. The van der Waals surface area contributed by atoms with Crippen LogP contribution >= 0.6 is 0 Å². The van der Waals surface area contributed by atoms with E-state index in [1.54, 1.807) is 0 Å². The molecule has 1 aromatic rings. The summed E-state index contributed by atoms with van der Waals surface area (Å²) in [5, 5.41) is 9.04. The van der Waals surface area contributed by atoms with Crippen LogP contribution in [0.4, 0.5) is 0 Å². The first-order chi connectivity index (χ1) is 11.1. The van der Waals surface area contributed by atoms with E-state index in [9.17, 15) is 14.4 Å². The minimum atomic E-state index is -0.774. The van der Waals surface area contributed by atoms with E-state index in [-0.39, 0.29) is 24.2 Å². The predicted molar refractivity (Wildman–Crippen MR) is 82.3 cm³/mol.